The molecule has 0 aliphatic rings. The summed E-state index contributed by atoms with van der Waals surface area (Å²) in [6.07, 6.45) is 6.77. The predicted octanol–water partition coefficient (Wildman–Crippen LogP) is 1.70. The van der Waals surface area contributed by atoms with Crippen molar-refractivity contribution in [1.82, 2.24) is 15.4 Å². The van der Waals surface area contributed by atoms with E-state index in [0.717, 1.165) is 31.9 Å². The highest BCUT2D eigenvalue weighted by atomic mass is 32.2. The molecule has 0 bridgehead atoms. The van der Waals surface area contributed by atoms with Gasteiger partial charge in [-0.1, -0.05) is 33.1 Å². The molecule has 0 saturated heterocycles. The Hall–Kier alpha value is -0.820. The molecule has 0 aromatic heterocycles. The molecule has 0 fully saturated rings. The highest BCUT2D eigenvalue weighted by Gasteiger charge is 2.06. The Morgan fingerprint density at radius 3 is 2.36 bits per heavy atom. The molecule has 3 N–H and O–H groups in total. The first kappa shape index (κ1) is 21.2. The van der Waals surface area contributed by atoms with Crippen molar-refractivity contribution in [2.75, 3.05) is 32.4 Å². The predicted molar refractivity (Wildman–Crippen MR) is 94.8 cm³/mol. The van der Waals surface area contributed by atoms with Crippen molar-refractivity contribution < 1.29 is 8.42 Å². The van der Waals surface area contributed by atoms with E-state index in [9.17, 15) is 8.42 Å². The molecule has 0 aliphatic heterocycles. The Labute approximate surface area is 136 Å². The first-order chi connectivity index (χ1) is 10.4. The fraction of sp³-hybridized carbons (Fsp3) is 0.933. The molecule has 0 saturated carbocycles. The number of unbranched alkanes of at least 4 members (excludes halogenated alkanes) is 1. The second-order valence-electron chi connectivity index (χ2n) is 5.58. The van der Waals surface area contributed by atoms with Gasteiger partial charge in [0.15, 0.2) is 5.96 Å². The van der Waals surface area contributed by atoms with Gasteiger partial charge in [-0.3, -0.25) is 4.99 Å². The molecule has 1 unspecified atom stereocenters. The highest BCUT2D eigenvalue weighted by molar-refractivity contribution is 7.88. The van der Waals surface area contributed by atoms with Crippen molar-refractivity contribution >= 4 is 16.0 Å². The van der Waals surface area contributed by atoms with Gasteiger partial charge in [-0.15, -0.1) is 0 Å². The smallest absolute Gasteiger partial charge is 0.208 e. The summed E-state index contributed by atoms with van der Waals surface area (Å²) in [7, 11) is -3.09. The molecule has 1 atom stereocenters. The van der Waals surface area contributed by atoms with Crippen LogP contribution in [0, 0.1) is 5.92 Å². The normalized spacial score (nSPS) is 13.9. The zero-order chi connectivity index (χ0) is 16.8. The fourth-order valence-corrected chi connectivity index (χ4v) is 2.55. The van der Waals surface area contributed by atoms with Gasteiger partial charge in [0.2, 0.25) is 10.0 Å². The minimum absolute atomic E-state index is 0.444. The van der Waals surface area contributed by atoms with Gasteiger partial charge in [0, 0.05) is 26.2 Å². The van der Waals surface area contributed by atoms with Crippen LogP contribution in [0.2, 0.25) is 0 Å². The van der Waals surface area contributed by atoms with Crippen LogP contribution < -0.4 is 15.4 Å². The maximum absolute atomic E-state index is 11.0. The van der Waals surface area contributed by atoms with Crippen molar-refractivity contribution in [3.63, 3.8) is 0 Å². The van der Waals surface area contributed by atoms with Crippen LogP contribution in [-0.4, -0.2) is 46.8 Å². The van der Waals surface area contributed by atoms with Crippen LogP contribution in [0.25, 0.3) is 0 Å². The van der Waals surface area contributed by atoms with Crippen LogP contribution in [0.1, 0.15) is 52.9 Å². The first-order valence-corrected chi connectivity index (χ1v) is 10.3. The van der Waals surface area contributed by atoms with Crippen LogP contribution >= 0.6 is 0 Å². The zero-order valence-electron chi connectivity index (χ0n) is 14.6. The largest absolute Gasteiger partial charge is 0.357 e. The number of hydrogen-bond donors (Lipinski definition) is 3. The van der Waals surface area contributed by atoms with E-state index in [1.165, 1.54) is 25.5 Å². The second kappa shape index (κ2) is 12.7. The molecule has 132 valence electrons. The summed E-state index contributed by atoms with van der Waals surface area (Å²) in [6.45, 7) is 9.27. The minimum Gasteiger partial charge on any atom is -0.357 e. The summed E-state index contributed by atoms with van der Waals surface area (Å²) in [4.78, 5) is 4.64. The van der Waals surface area contributed by atoms with Crippen LogP contribution in [0.15, 0.2) is 4.99 Å². The maximum Gasteiger partial charge on any atom is 0.208 e. The standard InChI is InChI=1S/C15H34N4O2S/c1-5-8-10-14(6-2)13-18-15(16-7-3)17-11-9-12-19-22(4,20)21/h14,19H,5-13H2,1-4H3,(H2,16,17,18). The number of aliphatic imine (C=N–C) groups is 1. The van der Waals surface area contributed by atoms with E-state index < -0.39 is 10.0 Å². The molecular weight excluding hydrogens is 300 g/mol. The molecule has 7 heteroatoms. The average Bonchev–Trinajstić information content (AvgIpc) is 2.45. The summed E-state index contributed by atoms with van der Waals surface area (Å²) in [5.41, 5.74) is 0. The lowest BCUT2D eigenvalue weighted by molar-refractivity contribution is 0.461. The minimum atomic E-state index is -3.09. The monoisotopic (exact) mass is 334 g/mol. The third-order valence-corrected chi connectivity index (χ3v) is 4.13. The lowest BCUT2D eigenvalue weighted by Gasteiger charge is -2.15. The molecule has 0 heterocycles. The number of nitrogens with zero attached hydrogens (tertiary/aromatic N) is 1. The topological polar surface area (TPSA) is 82.6 Å². The van der Waals surface area contributed by atoms with E-state index >= 15 is 0 Å². The first-order valence-electron chi connectivity index (χ1n) is 8.39. The molecule has 0 aliphatic carbocycles. The van der Waals surface area contributed by atoms with Crippen LogP contribution in [-0.2, 0) is 10.0 Å². The van der Waals surface area contributed by atoms with Crippen LogP contribution in [0.5, 0.6) is 0 Å². The van der Waals surface area contributed by atoms with Crippen molar-refractivity contribution in [1.29, 1.82) is 0 Å². The molecule has 0 aromatic carbocycles. The number of hydrogen-bond acceptors (Lipinski definition) is 3. The van der Waals surface area contributed by atoms with Crippen molar-refractivity contribution in [3.05, 3.63) is 0 Å². The Bertz CT molecular complexity index is 396. The van der Waals surface area contributed by atoms with E-state index in [-0.39, 0.29) is 0 Å². The van der Waals surface area contributed by atoms with E-state index in [0.29, 0.717) is 19.0 Å². The summed E-state index contributed by atoms with van der Waals surface area (Å²) < 4.78 is 24.4. The third-order valence-electron chi connectivity index (χ3n) is 3.41. The van der Waals surface area contributed by atoms with Gasteiger partial charge in [0.25, 0.3) is 0 Å². The number of rotatable bonds is 12. The maximum atomic E-state index is 11.0. The Morgan fingerprint density at radius 2 is 1.82 bits per heavy atom. The quantitative estimate of drug-likeness (QED) is 0.288. The zero-order valence-corrected chi connectivity index (χ0v) is 15.4. The van der Waals surface area contributed by atoms with Crippen LogP contribution in [0.4, 0.5) is 0 Å². The van der Waals surface area contributed by atoms with E-state index in [1.54, 1.807) is 0 Å². The molecule has 0 radical (unpaired) electrons. The summed E-state index contributed by atoms with van der Waals surface area (Å²) in [5, 5.41) is 6.47. The lowest BCUT2D eigenvalue weighted by atomic mass is 10.00. The van der Waals surface area contributed by atoms with Gasteiger partial charge >= 0.3 is 0 Å². The van der Waals surface area contributed by atoms with E-state index in [2.05, 4.69) is 34.2 Å². The molecule has 0 spiro atoms. The highest BCUT2D eigenvalue weighted by Crippen LogP contribution is 2.12. The fourth-order valence-electron chi connectivity index (χ4n) is 2.03. The van der Waals surface area contributed by atoms with Crippen molar-refractivity contribution in [3.8, 4) is 0 Å². The van der Waals surface area contributed by atoms with E-state index in [4.69, 9.17) is 0 Å². The summed E-state index contributed by atoms with van der Waals surface area (Å²) in [6, 6.07) is 0. The summed E-state index contributed by atoms with van der Waals surface area (Å²) >= 11 is 0. The van der Waals surface area contributed by atoms with Crippen molar-refractivity contribution in [2.24, 2.45) is 10.9 Å². The number of nitrogens with one attached hydrogen (secondary N) is 3. The number of guanidine groups is 1. The molecule has 6 nitrogen and oxygen atoms in total. The second-order valence-corrected chi connectivity index (χ2v) is 7.42. The van der Waals surface area contributed by atoms with Crippen molar-refractivity contribution in [2.45, 2.75) is 52.9 Å². The van der Waals surface area contributed by atoms with Gasteiger partial charge in [-0.25, -0.2) is 13.1 Å². The molecule has 0 rings (SSSR count). The molecule has 0 aromatic rings. The Kier molecular flexibility index (Phi) is 12.2. The third kappa shape index (κ3) is 12.9. The van der Waals surface area contributed by atoms with E-state index in [1.807, 2.05) is 6.92 Å². The molecule has 0 amide bonds. The summed E-state index contributed by atoms with van der Waals surface area (Å²) in [5.74, 6) is 1.46. The molecule has 22 heavy (non-hydrogen) atoms. The van der Waals surface area contributed by atoms with Gasteiger partial charge in [-0.2, -0.15) is 0 Å². The van der Waals surface area contributed by atoms with Gasteiger partial charge in [0.05, 0.1) is 6.26 Å². The Morgan fingerprint density at radius 1 is 1.09 bits per heavy atom. The Balaban J connectivity index is 4.14. The van der Waals surface area contributed by atoms with Gasteiger partial charge in [0.1, 0.15) is 0 Å². The SMILES string of the molecule is CCCCC(CC)CN=C(NCC)NCCCNS(C)(=O)=O. The average molecular weight is 335 g/mol. The van der Waals surface area contributed by atoms with Gasteiger partial charge in [-0.05, 0) is 25.7 Å². The number of sulfonamides is 1. The molecular formula is C15H34N4O2S. The van der Waals surface area contributed by atoms with Gasteiger partial charge < -0.3 is 10.6 Å². The lowest BCUT2D eigenvalue weighted by Crippen LogP contribution is -2.39. The van der Waals surface area contributed by atoms with Crippen LogP contribution in [0.3, 0.4) is 0 Å².